The van der Waals surface area contributed by atoms with Gasteiger partial charge in [-0.15, -0.1) is 0 Å². The summed E-state index contributed by atoms with van der Waals surface area (Å²) in [5, 5.41) is 23.5. The molecule has 3 heterocycles. The summed E-state index contributed by atoms with van der Waals surface area (Å²) in [5.74, 6) is 0.629. The molecule has 3 aromatic rings. The highest BCUT2D eigenvalue weighted by Gasteiger charge is 2.24. The van der Waals surface area contributed by atoms with Gasteiger partial charge in [0, 0.05) is 75.3 Å². The summed E-state index contributed by atoms with van der Waals surface area (Å²) in [7, 11) is 2.19. The molecule has 8 heteroatoms. The van der Waals surface area contributed by atoms with E-state index in [0.29, 0.717) is 12.0 Å². The normalized spacial score (nSPS) is 21.8. The van der Waals surface area contributed by atoms with Crippen LogP contribution < -0.4 is 5.32 Å². The standard InChI is InChI=1S/C28H40N6O2/c1-32-13-15-33(16-14-32)19-21-4-6-22(7-5-21)26-20-34(23-8-10-24(36)11-9-23)27-25(26)18-30-28(31-27)29-12-2-3-17-35/h4-7,18,20,23-24,35-36H,2-3,8-17,19H2,1H3,(H,29,30,31)/t23-,24-. The molecule has 3 N–H and O–H groups in total. The smallest absolute Gasteiger partial charge is 0.224 e. The number of hydrogen-bond donors (Lipinski definition) is 3. The third kappa shape index (κ3) is 5.89. The fourth-order valence-electron chi connectivity index (χ4n) is 5.45. The van der Waals surface area contributed by atoms with Gasteiger partial charge in [-0.05, 0) is 56.7 Å². The van der Waals surface area contributed by atoms with E-state index < -0.39 is 0 Å². The number of benzene rings is 1. The fourth-order valence-corrected chi connectivity index (χ4v) is 5.45. The van der Waals surface area contributed by atoms with Crippen molar-refractivity contribution >= 4 is 17.0 Å². The molecule has 0 bridgehead atoms. The third-order valence-electron chi connectivity index (χ3n) is 7.77. The molecule has 1 aliphatic heterocycles. The molecule has 1 aliphatic carbocycles. The molecule has 194 valence electrons. The number of nitrogens with zero attached hydrogens (tertiary/aromatic N) is 5. The van der Waals surface area contributed by atoms with E-state index in [2.05, 4.69) is 62.2 Å². The van der Waals surface area contributed by atoms with Crippen molar-refractivity contribution in [3.05, 3.63) is 42.2 Å². The molecule has 0 unspecified atom stereocenters. The molecule has 36 heavy (non-hydrogen) atoms. The van der Waals surface area contributed by atoms with Gasteiger partial charge < -0.3 is 25.0 Å². The van der Waals surface area contributed by atoms with Gasteiger partial charge in [-0.25, -0.2) is 4.98 Å². The largest absolute Gasteiger partial charge is 0.396 e. The van der Waals surface area contributed by atoms with Crippen molar-refractivity contribution in [2.75, 3.05) is 51.7 Å². The lowest BCUT2D eigenvalue weighted by molar-refractivity contribution is 0.111. The van der Waals surface area contributed by atoms with Crippen LogP contribution in [0.15, 0.2) is 36.7 Å². The lowest BCUT2D eigenvalue weighted by Crippen LogP contribution is -2.43. The van der Waals surface area contributed by atoms with E-state index in [1.165, 1.54) is 11.1 Å². The Labute approximate surface area is 214 Å². The summed E-state index contributed by atoms with van der Waals surface area (Å²) in [6.45, 7) is 6.45. The van der Waals surface area contributed by atoms with Crippen LogP contribution in [0.1, 0.15) is 50.1 Å². The first-order valence-electron chi connectivity index (χ1n) is 13.5. The van der Waals surface area contributed by atoms with Crippen LogP contribution in [0.25, 0.3) is 22.2 Å². The highest BCUT2D eigenvalue weighted by atomic mass is 16.3. The van der Waals surface area contributed by atoms with E-state index in [9.17, 15) is 5.11 Å². The van der Waals surface area contributed by atoms with Crippen molar-refractivity contribution < 1.29 is 10.2 Å². The van der Waals surface area contributed by atoms with E-state index >= 15 is 0 Å². The van der Waals surface area contributed by atoms with E-state index in [4.69, 9.17) is 10.1 Å². The van der Waals surface area contributed by atoms with Crippen LogP contribution in [0, 0.1) is 0 Å². The number of rotatable bonds is 9. The molecule has 1 saturated heterocycles. The zero-order valence-electron chi connectivity index (χ0n) is 21.4. The number of fused-ring (bicyclic) bond motifs is 1. The summed E-state index contributed by atoms with van der Waals surface area (Å²) in [6, 6.07) is 9.31. The predicted molar refractivity (Wildman–Crippen MR) is 144 cm³/mol. The topological polar surface area (TPSA) is 89.7 Å². The number of nitrogens with one attached hydrogen (secondary N) is 1. The van der Waals surface area contributed by atoms with Gasteiger partial charge in [0.05, 0.1) is 6.10 Å². The number of piperazine rings is 1. The zero-order valence-corrected chi connectivity index (χ0v) is 21.4. The van der Waals surface area contributed by atoms with Gasteiger partial charge in [0.15, 0.2) is 0 Å². The van der Waals surface area contributed by atoms with Gasteiger partial charge in [0.2, 0.25) is 5.95 Å². The molecule has 0 amide bonds. The first-order chi connectivity index (χ1) is 17.6. The fraction of sp³-hybridized carbons (Fsp3) is 0.571. The lowest BCUT2D eigenvalue weighted by Gasteiger charge is -2.32. The van der Waals surface area contributed by atoms with Gasteiger partial charge in [0.1, 0.15) is 5.65 Å². The number of aliphatic hydroxyl groups is 2. The average molecular weight is 493 g/mol. The Kier molecular flexibility index (Phi) is 8.16. The number of aliphatic hydroxyl groups excluding tert-OH is 2. The van der Waals surface area contributed by atoms with E-state index in [-0.39, 0.29) is 12.7 Å². The second-order valence-corrected chi connectivity index (χ2v) is 10.5. The minimum atomic E-state index is -0.186. The molecule has 2 aliphatic rings. The van der Waals surface area contributed by atoms with Crippen molar-refractivity contribution in [3.8, 4) is 11.1 Å². The van der Waals surface area contributed by atoms with Crippen molar-refractivity contribution in [1.82, 2.24) is 24.3 Å². The van der Waals surface area contributed by atoms with Gasteiger partial charge in [-0.1, -0.05) is 24.3 Å². The summed E-state index contributed by atoms with van der Waals surface area (Å²) >= 11 is 0. The number of unbranched alkanes of at least 4 members (excludes halogenated alkanes) is 1. The molecule has 5 rings (SSSR count). The predicted octanol–water partition coefficient (Wildman–Crippen LogP) is 3.51. The zero-order chi connectivity index (χ0) is 24.9. The van der Waals surface area contributed by atoms with Crippen molar-refractivity contribution in [2.45, 2.75) is 57.2 Å². The first-order valence-corrected chi connectivity index (χ1v) is 13.5. The number of likely N-dealkylation sites (N-methyl/N-ethyl adjacent to an activating group) is 1. The van der Waals surface area contributed by atoms with Crippen LogP contribution in [0.4, 0.5) is 5.95 Å². The molecule has 0 radical (unpaired) electrons. The number of aromatic nitrogens is 3. The second-order valence-electron chi connectivity index (χ2n) is 10.5. The van der Waals surface area contributed by atoms with Crippen LogP contribution in [0.5, 0.6) is 0 Å². The quantitative estimate of drug-likeness (QED) is 0.394. The van der Waals surface area contributed by atoms with Gasteiger partial charge in [-0.2, -0.15) is 4.98 Å². The highest BCUT2D eigenvalue weighted by Crippen LogP contribution is 2.36. The Bertz CT molecular complexity index is 1120. The van der Waals surface area contributed by atoms with E-state index in [1.807, 2.05) is 6.20 Å². The summed E-state index contributed by atoms with van der Waals surface area (Å²) in [6.07, 6.45) is 9.22. The first kappa shape index (κ1) is 25.1. The SMILES string of the molecule is CN1CCN(Cc2ccc(-c3cn([C@H]4CC[C@H](O)CC4)c4nc(NCCCCO)ncc34)cc2)CC1. The molecule has 2 fully saturated rings. The van der Waals surface area contributed by atoms with Crippen LogP contribution in [-0.2, 0) is 6.54 Å². The van der Waals surface area contributed by atoms with E-state index in [0.717, 1.165) is 94.4 Å². The molecule has 8 nitrogen and oxygen atoms in total. The Morgan fingerprint density at radius 3 is 2.47 bits per heavy atom. The molecule has 0 atom stereocenters. The summed E-state index contributed by atoms with van der Waals surface area (Å²) in [5.41, 5.74) is 4.64. The monoisotopic (exact) mass is 492 g/mol. The molecule has 1 saturated carbocycles. The van der Waals surface area contributed by atoms with Crippen molar-refractivity contribution in [1.29, 1.82) is 0 Å². The Morgan fingerprint density at radius 1 is 1.00 bits per heavy atom. The van der Waals surface area contributed by atoms with Gasteiger partial charge >= 0.3 is 0 Å². The minimum Gasteiger partial charge on any atom is -0.396 e. The van der Waals surface area contributed by atoms with Crippen LogP contribution in [0.2, 0.25) is 0 Å². The van der Waals surface area contributed by atoms with E-state index in [1.54, 1.807) is 0 Å². The number of hydrogen-bond acceptors (Lipinski definition) is 7. The molecular weight excluding hydrogens is 452 g/mol. The average Bonchev–Trinajstić information content (AvgIpc) is 3.28. The Balaban J connectivity index is 1.39. The highest BCUT2D eigenvalue weighted by molar-refractivity contribution is 5.94. The molecule has 1 aromatic carbocycles. The Hall–Kier alpha value is -2.52. The van der Waals surface area contributed by atoms with Gasteiger partial charge in [-0.3, -0.25) is 4.90 Å². The summed E-state index contributed by atoms with van der Waals surface area (Å²) < 4.78 is 2.31. The third-order valence-corrected chi connectivity index (χ3v) is 7.77. The second kappa shape index (κ2) is 11.7. The lowest BCUT2D eigenvalue weighted by atomic mass is 9.93. The van der Waals surface area contributed by atoms with Gasteiger partial charge in [0.25, 0.3) is 0 Å². The number of anilines is 1. The Morgan fingerprint density at radius 2 is 1.75 bits per heavy atom. The molecule has 0 spiro atoms. The van der Waals surface area contributed by atoms with Crippen molar-refractivity contribution in [3.63, 3.8) is 0 Å². The maximum absolute atomic E-state index is 10.0. The molecule has 2 aromatic heterocycles. The minimum absolute atomic E-state index is 0.186. The van der Waals surface area contributed by atoms with Crippen LogP contribution >= 0.6 is 0 Å². The summed E-state index contributed by atoms with van der Waals surface area (Å²) in [4.78, 5) is 14.5. The molecular formula is C28H40N6O2. The van der Waals surface area contributed by atoms with Crippen LogP contribution in [-0.4, -0.2) is 87.0 Å². The maximum atomic E-state index is 10.0. The van der Waals surface area contributed by atoms with Crippen molar-refractivity contribution in [2.24, 2.45) is 0 Å². The maximum Gasteiger partial charge on any atom is 0.224 e. The van der Waals surface area contributed by atoms with Crippen LogP contribution in [0.3, 0.4) is 0 Å².